The number of hydrogen-bond donors (Lipinski definition) is 4. The van der Waals surface area contributed by atoms with E-state index in [1.807, 2.05) is 32.0 Å². The Kier molecular flexibility index (Phi) is 10.5. The molecule has 1 saturated carbocycles. The van der Waals surface area contributed by atoms with E-state index < -0.39 is 12.1 Å². The van der Waals surface area contributed by atoms with Crippen molar-refractivity contribution < 1.29 is 24.2 Å². The van der Waals surface area contributed by atoms with Gasteiger partial charge in [-0.05, 0) is 50.1 Å². The average molecular weight is 566 g/mol. The molecule has 4 rings (SSSR count). The molecule has 5 amide bonds. The summed E-state index contributed by atoms with van der Waals surface area (Å²) in [5.41, 5.74) is 1.80. The molecule has 3 atom stereocenters. The van der Waals surface area contributed by atoms with E-state index in [-0.39, 0.29) is 43.0 Å². The number of anilines is 2. The molecule has 0 radical (unpaired) electrons. The van der Waals surface area contributed by atoms with Crippen LogP contribution in [0.25, 0.3) is 0 Å². The molecule has 2 aromatic carbocycles. The predicted molar refractivity (Wildman–Crippen MR) is 159 cm³/mol. The van der Waals surface area contributed by atoms with Crippen molar-refractivity contribution in [2.45, 2.75) is 70.6 Å². The molecular weight excluding hydrogens is 522 g/mol. The van der Waals surface area contributed by atoms with Crippen LogP contribution < -0.4 is 20.7 Å². The monoisotopic (exact) mass is 565 g/mol. The summed E-state index contributed by atoms with van der Waals surface area (Å²) in [6.45, 7) is 4.35. The molecule has 0 unspecified atom stereocenters. The summed E-state index contributed by atoms with van der Waals surface area (Å²) in [4.78, 5) is 42.4. The number of ether oxygens (including phenoxy) is 1. The third kappa shape index (κ3) is 8.36. The predicted octanol–water partition coefficient (Wildman–Crippen LogP) is 4.45. The van der Waals surface area contributed by atoms with Crippen LogP contribution in [0.1, 0.15) is 51.5 Å². The average Bonchev–Trinajstić information content (AvgIpc) is 3.01. The quantitative estimate of drug-likeness (QED) is 0.395. The Morgan fingerprint density at radius 3 is 2.49 bits per heavy atom. The number of aliphatic hydroxyl groups is 1. The molecule has 2 aliphatic rings. The fourth-order valence-electron chi connectivity index (χ4n) is 5.42. The maximum Gasteiger partial charge on any atom is 0.323 e. The van der Waals surface area contributed by atoms with Gasteiger partial charge in [-0.25, -0.2) is 9.59 Å². The topological polar surface area (TPSA) is 123 Å². The number of aliphatic hydroxyl groups excluding tert-OH is 1. The van der Waals surface area contributed by atoms with Gasteiger partial charge in [-0.15, -0.1) is 0 Å². The zero-order valence-corrected chi connectivity index (χ0v) is 24.3. The lowest BCUT2D eigenvalue weighted by molar-refractivity contribution is -0.134. The minimum atomic E-state index is -0.407. The number of amides is 5. The van der Waals surface area contributed by atoms with Gasteiger partial charge in [0.2, 0.25) is 5.91 Å². The van der Waals surface area contributed by atoms with Gasteiger partial charge in [0.15, 0.2) is 0 Å². The number of carbonyl (C=O) groups is 3. The van der Waals surface area contributed by atoms with E-state index in [1.54, 1.807) is 47.2 Å². The standard InChI is InChI=1S/C31H43N5O5/c1-21-18-36(22(2)20-37)29(38)17-23-16-26(33-30(39)32-24-10-6-4-7-11-24)14-15-27(23)41-28(21)19-35(3)31(40)34-25-12-8-5-9-13-25/h4,6-7,10-11,14-16,21-22,25,28,37H,5,8-9,12-13,17-20H2,1-3H3,(H,34,40)(H2,32,33,39)/t21-,22+,28+/m0/s1. The Bertz CT molecular complexity index is 1190. The summed E-state index contributed by atoms with van der Waals surface area (Å²) >= 11 is 0. The molecule has 10 nitrogen and oxygen atoms in total. The number of carbonyl (C=O) groups excluding carboxylic acids is 3. The molecular formula is C31H43N5O5. The summed E-state index contributed by atoms with van der Waals surface area (Å²) < 4.78 is 6.51. The third-order valence-corrected chi connectivity index (χ3v) is 7.94. The number of benzene rings is 2. The Hall–Kier alpha value is -3.79. The van der Waals surface area contributed by atoms with Crippen LogP contribution in [0.15, 0.2) is 48.5 Å². The zero-order chi connectivity index (χ0) is 29.4. The van der Waals surface area contributed by atoms with E-state index in [0.29, 0.717) is 35.8 Å². The van der Waals surface area contributed by atoms with Crippen molar-refractivity contribution in [1.29, 1.82) is 0 Å². The lowest BCUT2D eigenvalue weighted by Gasteiger charge is -2.34. The highest BCUT2D eigenvalue weighted by molar-refractivity contribution is 5.99. The SMILES string of the molecule is C[C@H](CO)N1C[C@H](C)[C@@H](CN(C)C(=O)NC2CCCCC2)Oc2ccc(NC(=O)Nc3ccccc3)cc2CC1=O. The van der Waals surface area contributed by atoms with Crippen LogP contribution in [0.2, 0.25) is 0 Å². The number of nitrogens with zero attached hydrogens (tertiary/aromatic N) is 2. The Morgan fingerprint density at radius 1 is 1.07 bits per heavy atom. The summed E-state index contributed by atoms with van der Waals surface area (Å²) in [6.07, 6.45) is 5.12. The van der Waals surface area contributed by atoms with E-state index in [0.717, 1.165) is 25.7 Å². The first kappa shape index (κ1) is 30.2. The van der Waals surface area contributed by atoms with Crippen molar-refractivity contribution >= 4 is 29.3 Å². The number of fused-ring (bicyclic) bond motifs is 1. The van der Waals surface area contributed by atoms with E-state index in [4.69, 9.17) is 4.74 Å². The van der Waals surface area contributed by atoms with Crippen LogP contribution in [0.4, 0.5) is 21.0 Å². The van der Waals surface area contributed by atoms with E-state index >= 15 is 0 Å². The maximum absolute atomic E-state index is 13.4. The summed E-state index contributed by atoms with van der Waals surface area (Å²) in [6, 6.07) is 13.6. The normalized spacial score (nSPS) is 20.4. The lowest BCUT2D eigenvalue weighted by Crippen LogP contribution is -2.50. The molecule has 1 aliphatic carbocycles. The molecule has 1 fully saturated rings. The smallest absolute Gasteiger partial charge is 0.323 e. The molecule has 41 heavy (non-hydrogen) atoms. The summed E-state index contributed by atoms with van der Waals surface area (Å²) in [7, 11) is 1.76. The first-order valence-corrected chi connectivity index (χ1v) is 14.6. The van der Waals surface area contributed by atoms with Crippen LogP contribution in [-0.4, -0.2) is 77.8 Å². The highest BCUT2D eigenvalue weighted by Gasteiger charge is 2.32. The second kappa shape index (κ2) is 14.2. The number of likely N-dealkylation sites (N-methyl/N-ethyl adjacent to an activating group) is 1. The lowest BCUT2D eigenvalue weighted by atomic mass is 9.96. The van der Waals surface area contributed by atoms with Crippen molar-refractivity contribution in [3.8, 4) is 5.75 Å². The van der Waals surface area contributed by atoms with Crippen molar-refractivity contribution in [3.05, 3.63) is 54.1 Å². The second-order valence-electron chi connectivity index (χ2n) is 11.3. The molecule has 10 heteroatoms. The van der Waals surface area contributed by atoms with Crippen LogP contribution in [-0.2, 0) is 11.2 Å². The van der Waals surface area contributed by atoms with Crippen LogP contribution in [0.5, 0.6) is 5.75 Å². The first-order valence-electron chi connectivity index (χ1n) is 14.6. The minimum Gasteiger partial charge on any atom is -0.488 e. The highest BCUT2D eigenvalue weighted by atomic mass is 16.5. The van der Waals surface area contributed by atoms with Gasteiger partial charge in [-0.2, -0.15) is 0 Å². The van der Waals surface area contributed by atoms with Gasteiger partial charge in [0.05, 0.1) is 25.6 Å². The van der Waals surface area contributed by atoms with Gasteiger partial charge in [0.1, 0.15) is 11.9 Å². The minimum absolute atomic E-state index is 0.0486. The van der Waals surface area contributed by atoms with Crippen LogP contribution in [0.3, 0.4) is 0 Å². The Labute approximate surface area is 242 Å². The van der Waals surface area contributed by atoms with E-state index in [1.165, 1.54) is 6.42 Å². The molecule has 0 bridgehead atoms. The number of urea groups is 2. The van der Waals surface area contributed by atoms with Gasteiger partial charge in [0, 0.05) is 42.5 Å². The first-order chi connectivity index (χ1) is 19.7. The Morgan fingerprint density at radius 2 is 1.78 bits per heavy atom. The molecule has 1 aliphatic heterocycles. The van der Waals surface area contributed by atoms with Crippen molar-refractivity contribution in [3.63, 3.8) is 0 Å². The van der Waals surface area contributed by atoms with E-state index in [9.17, 15) is 19.5 Å². The molecule has 1 heterocycles. The zero-order valence-electron chi connectivity index (χ0n) is 24.3. The number of rotatable bonds is 7. The van der Waals surface area contributed by atoms with Gasteiger partial charge >= 0.3 is 12.1 Å². The third-order valence-electron chi connectivity index (χ3n) is 7.94. The van der Waals surface area contributed by atoms with Crippen LogP contribution in [0, 0.1) is 5.92 Å². The van der Waals surface area contributed by atoms with Crippen molar-refractivity contribution in [2.24, 2.45) is 5.92 Å². The number of nitrogens with one attached hydrogen (secondary N) is 3. The molecule has 2 aromatic rings. The number of hydrogen-bond acceptors (Lipinski definition) is 5. The van der Waals surface area contributed by atoms with Gasteiger partial charge in [0.25, 0.3) is 0 Å². The molecule has 222 valence electrons. The molecule has 0 saturated heterocycles. The summed E-state index contributed by atoms with van der Waals surface area (Å²) in [5, 5.41) is 18.7. The molecule has 0 aromatic heterocycles. The van der Waals surface area contributed by atoms with Gasteiger partial charge < -0.3 is 35.6 Å². The van der Waals surface area contributed by atoms with Crippen molar-refractivity contribution in [1.82, 2.24) is 15.1 Å². The molecule has 4 N–H and O–H groups in total. The fourth-order valence-corrected chi connectivity index (χ4v) is 5.42. The maximum atomic E-state index is 13.4. The second-order valence-corrected chi connectivity index (χ2v) is 11.3. The Balaban J connectivity index is 1.53. The van der Waals surface area contributed by atoms with Crippen LogP contribution >= 0.6 is 0 Å². The highest BCUT2D eigenvalue weighted by Crippen LogP contribution is 2.29. The van der Waals surface area contributed by atoms with Crippen molar-refractivity contribution in [2.75, 3.05) is 37.4 Å². The number of para-hydroxylation sites is 1. The largest absolute Gasteiger partial charge is 0.488 e. The fraction of sp³-hybridized carbons (Fsp3) is 0.516. The van der Waals surface area contributed by atoms with Gasteiger partial charge in [-0.1, -0.05) is 44.4 Å². The molecule has 0 spiro atoms. The van der Waals surface area contributed by atoms with E-state index in [2.05, 4.69) is 16.0 Å². The van der Waals surface area contributed by atoms with Gasteiger partial charge in [-0.3, -0.25) is 4.79 Å². The summed E-state index contributed by atoms with van der Waals surface area (Å²) in [5.74, 6) is 0.264.